The van der Waals surface area contributed by atoms with E-state index < -0.39 is 146 Å². The highest BCUT2D eigenvalue weighted by molar-refractivity contribution is 7.10. The third-order valence-electron chi connectivity index (χ3n) is 9.69. The van der Waals surface area contributed by atoms with Crippen molar-refractivity contribution in [2.24, 2.45) is 0 Å². The van der Waals surface area contributed by atoms with Crippen LogP contribution in [-0.2, 0) is 103 Å². The first-order valence-electron chi connectivity index (χ1n) is 19.3. The van der Waals surface area contributed by atoms with Crippen LogP contribution in [0, 0.1) is 0 Å². The minimum atomic E-state index is -2.79. The van der Waals surface area contributed by atoms with Crippen molar-refractivity contribution in [3.05, 3.63) is 12.7 Å². The van der Waals surface area contributed by atoms with Gasteiger partial charge in [0.05, 0.1) is 39.4 Å². The van der Waals surface area contributed by atoms with Gasteiger partial charge in [0, 0.05) is 82.0 Å². The van der Waals surface area contributed by atoms with Crippen LogP contribution >= 0.6 is 47.3 Å². The Morgan fingerprint density at radius 3 is 1.91 bits per heavy atom. The molecule has 2 N–H and O–H groups in total. The maximum atomic E-state index is 14.3. The van der Waals surface area contributed by atoms with Gasteiger partial charge in [-0.25, -0.2) is 4.79 Å². The summed E-state index contributed by atoms with van der Waals surface area (Å²) in [6, 6.07) is -1.51. The molecule has 0 spiro atoms. The van der Waals surface area contributed by atoms with Crippen LogP contribution < -0.4 is 5.32 Å². The fraction of sp³-hybridized carbons (Fsp3) is 0.771. The number of esters is 5. The van der Waals surface area contributed by atoms with Crippen molar-refractivity contribution in [1.29, 1.82) is 0 Å². The second-order valence-electron chi connectivity index (χ2n) is 14.3. The SMILES string of the molecule is C=CCO[C@@H]1OC(COP)[C@H](O[C@@H]2OC(COP)[C@H](O)[C@H](O[C@]3(C(=O)OC)C[C@H](OC(C)=O)[C@@H](NC(C)=O)C([C@H](OC(C)=O)[C@@H](COC(C)=O)OC(C)=O)O3)C2OP)[C@H](OP)C1OP. The molecular formula is C35H58NO23P5. The quantitative estimate of drug-likeness (QED) is 0.0561. The highest BCUT2D eigenvalue weighted by Crippen LogP contribution is 2.42. The van der Waals surface area contributed by atoms with Crippen molar-refractivity contribution in [3.63, 3.8) is 0 Å². The van der Waals surface area contributed by atoms with Crippen LogP contribution in [0.2, 0.25) is 0 Å². The lowest BCUT2D eigenvalue weighted by Gasteiger charge is -2.52. The van der Waals surface area contributed by atoms with Gasteiger partial charge >= 0.3 is 29.8 Å². The molecule has 3 saturated heterocycles. The third-order valence-corrected chi connectivity index (χ3v) is 11.0. The first-order chi connectivity index (χ1) is 30.3. The van der Waals surface area contributed by atoms with E-state index in [0.29, 0.717) is 0 Å². The standard InChI is InChI=1S/C35H58NO23P5/c1-8-9-45-32-31(59-64)29(57-62)26(22(53-32)13-48-61)54-33-30(58-63)28(24(42)20(52-33)12-47-60)56-35(34(43)44-7)10-19(49-16(4)39)23(36-14(2)37)27(55-35)25(51-18(6)41)21(50-17(5)40)11-46-15(3)38/h8,19-33,42H,1,9-13,60-64H2,2-7H3,(H,36,37)/t19-,20?,21+,22?,23+,24-,25+,26-,27?,28-,29-,30?,31?,32+,33-,35-/m0/s1. The van der Waals surface area contributed by atoms with Gasteiger partial charge in [0.2, 0.25) is 5.91 Å². The number of carbonyl (C=O) groups is 6. The van der Waals surface area contributed by atoms with Gasteiger partial charge in [-0.3, -0.25) is 24.0 Å². The molecule has 64 heavy (non-hydrogen) atoms. The van der Waals surface area contributed by atoms with E-state index in [2.05, 4.69) is 40.3 Å². The number of methoxy groups -OCH3 is 1. The second kappa shape index (κ2) is 27.3. The van der Waals surface area contributed by atoms with Crippen LogP contribution in [0.4, 0.5) is 0 Å². The van der Waals surface area contributed by atoms with Crippen LogP contribution in [0.25, 0.3) is 0 Å². The fourth-order valence-corrected chi connectivity index (χ4v) is 8.53. The summed E-state index contributed by atoms with van der Waals surface area (Å²) in [5.41, 5.74) is 0. The van der Waals surface area contributed by atoms with E-state index in [1.165, 1.54) is 6.08 Å². The van der Waals surface area contributed by atoms with E-state index in [1.54, 1.807) is 0 Å². The topological polar surface area (TPSA) is 282 Å². The molecule has 0 aromatic rings. The summed E-state index contributed by atoms with van der Waals surface area (Å²) >= 11 is 0. The van der Waals surface area contributed by atoms with E-state index in [0.717, 1.165) is 41.7 Å². The molecule has 366 valence electrons. The lowest BCUT2D eigenvalue weighted by Crippen LogP contribution is -2.71. The minimum absolute atomic E-state index is 0.0774. The summed E-state index contributed by atoms with van der Waals surface area (Å²) in [6.45, 7) is 7.76. The van der Waals surface area contributed by atoms with Crippen molar-refractivity contribution in [3.8, 4) is 0 Å². The molecule has 3 fully saturated rings. The first kappa shape index (κ1) is 56.6. The molecule has 29 heteroatoms. The Morgan fingerprint density at radius 2 is 1.39 bits per heavy atom. The monoisotopic (exact) mass is 1020 g/mol. The van der Waals surface area contributed by atoms with Gasteiger partial charge in [0.15, 0.2) is 24.8 Å². The zero-order chi connectivity index (χ0) is 47.9. The molecule has 0 radical (unpaired) electrons. The Labute approximate surface area is 381 Å². The lowest BCUT2D eigenvalue weighted by atomic mass is 9.87. The minimum Gasteiger partial charge on any atom is -0.465 e. The average Bonchev–Trinajstić information content (AvgIpc) is 3.22. The summed E-state index contributed by atoms with van der Waals surface area (Å²) in [7, 11) is 11.3. The zero-order valence-corrected chi connectivity index (χ0v) is 41.6. The first-order valence-corrected chi connectivity index (χ1v) is 21.6. The number of aliphatic hydroxyl groups excluding tert-OH is 1. The van der Waals surface area contributed by atoms with E-state index in [4.69, 9.17) is 74.7 Å². The highest BCUT2D eigenvalue weighted by atomic mass is 31.0. The van der Waals surface area contributed by atoms with Crippen LogP contribution in [0.3, 0.4) is 0 Å². The van der Waals surface area contributed by atoms with Crippen molar-refractivity contribution in [2.45, 2.75) is 139 Å². The predicted molar refractivity (Wildman–Crippen MR) is 229 cm³/mol. The molecule has 0 bridgehead atoms. The molecule has 1 amide bonds. The Morgan fingerprint density at radius 1 is 0.797 bits per heavy atom. The molecule has 10 unspecified atom stereocenters. The Balaban J connectivity index is 2.27. The van der Waals surface area contributed by atoms with E-state index in [9.17, 15) is 33.9 Å². The van der Waals surface area contributed by atoms with E-state index in [1.807, 2.05) is 18.9 Å². The Bertz CT molecular complexity index is 1590. The largest absolute Gasteiger partial charge is 0.465 e. The smallest absolute Gasteiger partial charge is 0.366 e. The molecule has 3 rings (SSSR count). The Kier molecular flexibility index (Phi) is 24.1. The van der Waals surface area contributed by atoms with Crippen molar-refractivity contribution in [1.82, 2.24) is 5.32 Å². The number of hydrogen-bond acceptors (Lipinski definition) is 23. The molecule has 0 aromatic heterocycles. The predicted octanol–water partition coefficient (Wildman–Crippen LogP) is -0.569. The summed E-state index contributed by atoms with van der Waals surface area (Å²) in [5.74, 6) is -8.50. The molecule has 0 aliphatic carbocycles. The molecule has 21 atom stereocenters. The number of ether oxygens (including phenoxy) is 11. The molecule has 3 aliphatic rings. The average molecular weight is 1020 g/mol. The van der Waals surface area contributed by atoms with Gasteiger partial charge in [-0.05, 0) is 0 Å². The second-order valence-corrected chi connectivity index (χ2v) is 15.8. The van der Waals surface area contributed by atoms with Crippen molar-refractivity contribution >= 4 is 83.1 Å². The van der Waals surface area contributed by atoms with Crippen LogP contribution in [0.15, 0.2) is 12.7 Å². The number of rotatable bonds is 23. The number of carbonyl (C=O) groups excluding carboxylic acids is 6. The van der Waals surface area contributed by atoms with Crippen LogP contribution in [0.1, 0.15) is 41.0 Å². The van der Waals surface area contributed by atoms with E-state index >= 15 is 0 Å². The van der Waals surface area contributed by atoms with Gasteiger partial charge in [-0.2, -0.15) is 0 Å². The summed E-state index contributed by atoms with van der Waals surface area (Å²) < 4.78 is 92.6. The summed E-state index contributed by atoms with van der Waals surface area (Å²) in [5, 5.41) is 14.5. The molecule has 3 heterocycles. The molecule has 24 nitrogen and oxygen atoms in total. The molecule has 3 aliphatic heterocycles. The van der Waals surface area contributed by atoms with Gasteiger partial charge in [0.1, 0.15) is 67.6 Å². The van der Waals surface area contributed by atoms with Gasteiger partial charge in [0.25, 0.3) is 5.79 Å². The fourth-order valence-electron chi connectivity index (χ4n) is 7.27. The zero-order valence-electron chi connectivity index (χ0n) is 35.8. The summed E-state index contributed by atoms with van der Waals surface area (Å²) in [4.78, 5) is 76.9. The Hall–Kier alpha value is -1.77. The molecule has 0 aromatic carbocycles. The normalized spacial score (nSPS) is 33.7. The van der Waals surface area contributed by atoms with Crippen molar-refractivity contribution in [2.75, 3.05) is 33.5 Å². The van der Waals surface area contributed by atoms with Crippen LogP contribution in [0.5, 0.6) is 0 Å². The maximum absolute atomic E-state index is 14.3. The number of nitrogens with one attached hydrogen (secondary N) is 1. The van der Waals surface area contributed by atoms with Gasteiger partial charge < -0.3 is 85.1 Å². The van der Waals surface area contributed by atoms with Crippen molar-refractivity contribution < 1.29 is 109 Å². The number of aliphatic hydroxyl groups is 1. The number of hydrogen-bond donors (Lipinski definition) is 2. The summed E-state index contributed by atoms with van der Waals surface area (Å²) in [6.07, 6.45) is -19.3. The van der Waals surface area contributed by atoms with Crippen LogP contribution in [-0.4, -0.2) is 172 Å². The van der Waals surface area contributed by atoms with Gasteiger partial charge in [-0.1, -0.05) is 6.08 Å². The lowest BCUT2D eigenvalue weighted by molar-refractivity contribution is -0.380. The van der Waals surface area contributed by atoms with E-state index in [-0.39, 0.29) is 19.8 Å². The molecular weight excluding hydrogens is 957 g/mol. The van der Waals surface area contributed by atoms with Gasteiger partial charge in [-0.15, -0.1) is 6.58 Å². The number of amides is 1. The molecule has 0 saturated carbocycles. The highest BCUT2D eigenvalue weighted by Gasteiger charge is 2.63. The third kappa shape index (κ3) is 15.1. The maximum Gasteiger partial charge on any atom is 0.366 e.